The lowest BCUT2D eigenvalue weighted by atomic mass is 10.0. The smallest absolute Gasteiger partial charge is 0.227 e. The Morgan fingerprint density at radius 1 is 1.11 bits per heavy atom. The molecule has 5 N–H and O–H groups in total. The molecule has 0 saturated heterocycles. The van der Waals surface area contributed by atoms with E-state index in [1.54, 1.807) is 54.3 Å². The van der Waals surface area contributed by atoms with Crippen LogP contribution in [-0.2, 0) is 30.8 Å². The molecule has 3 atom stereocenters. The van der Waals surface area contributed by atoms with Crippen molar-refractivity contribution in [2.75, 3.05) is 49.4 Å². The molecular formula is C31H45N5O7S. The van der Waals surface area contributed by atoms with E-state index in [0.29, 0.717) is 54.1 Å². The van der Waals surface area contributed by atoms with Crippen LogP contribution in [0.2, 0.25) is 0 Å². The monoisotopic (exact) mass is 631 g/mol. The molecule has 3 rings (SSSR count). The number of aliphatic hydroxyl groups is 1. The van der Waals surface area contributed by atoms with E-state index in [-0.39, 0.29) is 56.2 Å². The number of nitrogen functional groups attached to an aromatic ring is 1. The molecule has 0 bridgehead atoms. The zero-order chi connectivity index (χ0) is 32.4. The number of sulfonamides is 1. The van der Waals surface area contributed by atoms with Gasteiger partial charge in [-0.05, 0) is 50.1 Å². The second-order valence-electron chi connectivity index (χ2n) is 11.5. The molecule has 0 unspecified atom stereocenters. The number of carbonyl (C=O) groups excluding carboxylic acids is 3. The summed E-state index contributed by atoms with van der Waals surface area (Å²) in [5.41, 5.74) is 8.00. The fourth-order valence-electron chi connectivity index (χ4n) is 4.91. The van der Waals surface area contributed by atoms with Crippen molar-refractivity contribution in [1.82, 2.24) is 9.21 Å². The van der Waals surface area contributed by atoms with Crippen molar-refractivity contribution in [2.45, 2.75) is 64.5 Å². The van der Waals surface area contributed by atoms with E-state index in [1.165, 1.54) is 11.4 Å². The Bertz CT molecular complexity index is 1420. The van der Waals surface area contributed by atoms with Gasteiger partial charge in [-0.15, -0.1) is 0 Å². The first-order valence-electron chi connectivity index (χ1n) is 14.8. The number of nitrogens with zero attached hydrogens (tertiary/aromatic N) is 2. The summed E-state index contributed by atoms with van der Waals surface area (Å²) < 4.78 is 31.8. The summed E-state index contributed by atoms with van der Waals surface area (Å²) in [5.74, 6) is -0.345. The van der Waals surface area contributed by atoms with Gasteiger partial charge in [-0.2, -0.15) is 0 Å². The number of nitrogens with two attached hydrogens (primary N) is 1. The fourth-order valence-corrected chi connectivity index (χ4v) is 5.33. The van der Waals surface area contributed by atoms with Crippen LogP contribution < -0.4 is 21.1 Å². The standard InChI is InChI=1S/C31H45N5O7S/c1-21-18-36(22(2)20-37)31(40)17-23-16-24(14-15-27(23)43-28(21)19-35(3)44(4,41)42)33-29(38)12-6-5-7-13-30(39)34-26-11-9-8-10-25(26)32/h8-11,14-16,21-22,28,37H,5-7,12-13,17-20,32H2,1-4H3,(H,33,38)(H,34,39)/t21-,22-,28-/m0/s1. The van der Waals surface area contributed by atoms with Crippen LogP contribution in [0.15, 0.2) is 42.5 Å². The van der Waals surface area contributed by atoms with E-state index in [9.17, 15) is 27.9 Å². The number of fused-ring (bicyclic) bond motifs is 1. The Labute approximate surface area is 260 Å². The number of nitrogens with one attached hydrogen (secondary N) is 2. The highest BCUT2D eigenvalue weighted by molar-refractivity contribution is 7.88. The van der Waals surface area contributed by atoms with Gasteiger partial charge in [0.25, 0.3) is 0 Å². The number of para-hydroxylation sites is 2. The van der Waals surface area contributed by atoms with Crippen molar-refractivity contribution in [3.63, 3.8) is 0 Å². The number of hydrogen-bond acceptors (Lipinski definition) is 8. The first-order chi connectivity index (χ1) is 20.8. The van der Waals surface area contributed by atoms with Crippen LogP contribution in [0.3, 0.4) is 0 Å². The molecule has 0 aromatic heterocycles. The quantitative estimate of drug-likeness (QED) is 0.193. The van der Waals surface area contributed by atoms with Crippen molar-refractivity contribution in [3.8, 4) is 5.75 Å². The van der Waals surface area contributed by atoms with E-state index in [4.69, 9.17) is 10.5 Å². The molecule has 1 aliphatic heterocycles. The Morgan fingerprint density at radius 3 is 2.41 bits per heavy atom. The highest BCUT2D eigenvalue weighted by Crippen LogP contribution is 2.29. The number of anilines is 3. The maximum Gasteiger partial charge on any atom is 0.227 e. The maximum atomic E-state index is 13.4. The molecule has 13 heteroatoms. The molecule has 0 fully saturated rings. The minimum atomic E-state index is -3.47. The highest BCUT2D eigenvalue weighted by atomic mass is 32.2. The van der Waals surface area contributed by atoms with Crippen molar-refractivity contribution in [3.05, 3.63) is 48.0 Å². The molecule has 1 aliphatic rings. The second-order valence-corrected chi connectivity index (χ2v) is 13.6. The van der Waals surface area contributed by atoms with E-state index in [1.807, 2.05) is 6.92 Å². The summed E-state index contributed by atoms with van der Waals surface area (Å²) in [6.07, 6.45) is 3.04. The number of aliphatic hydroxyl groups excluding tert-OH is 1. The van der Waals surface area contributed by atoms with Gasteiger partial charge in [-0.1, -0.05) is 25.5 Å². The number of benzene rings is 2. The number of carbonyl (C=O) groups is 3. The molecule has 2 aromatic rings. The zero-order valence-corrected chi connectivity index (χ0v) is 26.7. The molecule has 0 spiro atoms. The normalized spacial score (nSPS) is 18.0. The lowest BCUT2D eigenvalue weighted by molar-refractivity contribution is -0.134. The van der Waals surface area contributed by atoms with Crippen molar-refractivity contribution >= 4 is 44.8 Å². The minimum absolute atomic E-state index is 0.0125. The third-order valence-electron chi connectivity index (χ3n) is 7.75. The molecule has 12 nitrogen and oxygen atoms in total. The van der Waals surface area contributed by atoms with Gasteiger partial charge in [-0.3, -0.25) is 14.4 Å². The largest absolute Gasteiger partial charge is 0.488 e. The summed E-state index contributed by atoms with van der Waals surface area (Å²) in [6.45, 7) is 3.78. The van der Waals surface area contributed by atoms with Gasteiger partial charge in [0.15, 0.2) is 0 Å². The van der Waals surface area contributed by atoms with Crippen LogP contribution in [-0.4, -0.2) is 85.6 Å². The highest BCUT2D eigenvalue weighted by Gasteiger charge is 2.32. The van der Waals surface area contributed by atoms with Crippen LogP contribution >= 0.6 is 0 Å². The van der Waals surface area contributed by atoms with Gasteiger partial charge in [0.2, 0.25) is 27.7 Å². The molecule has 242 valence electrons. The van der Waals surface area contributed by atoms with Gasteiger partial charge in [0.1, 0.15) is 11.9 Å². The average Bonchev–Trinajstić information content (AvgIpc) is 3.00. The van der Waals surface area contributed by atoms with Crippen molar-refractivity contribution in [1.29, 1.82) is 0 Å². The van der Waals surface area contributed by atoms with Gasteiger partial charge < -0.3 is 31.1 Å². The topological polar surface area (TPSA) is 171 Å². The second kappa shape index (κ2) is 15.9. The zero-order valence-electron chi connectivity index (χ0n) is 25.9. The number of hydrogen-bond donors (Lipinski definition) is 4. The van der Waals surface area contributed by atoms with Crippen molar-refractivity contribution in [2.24, 2.45) is 5.92 Å². The number of likely N-dealkylation sites (N-methyl/N-ethyl adjacent to an activating group) is 1. The van der Waals surface area contributed by atoms with E-state index in [0.717, 1.165) is 6.26 Å². The Balaban J connectivity index is 1.62. The van der Waals surface area contributed by atoms with Gasteiger partial charge >= 0.3 is 0 Å². The summed E-state index contributed by atoms with van der Waals surface area (Å²) in [4.78, 5) is 39.8. The molecule has 0 aliphatic carbocycles. The maximum absolute atomic E-state index is 13.4. The summed E-state index contributed by atoms with van der Waals surface area (Å²) >= 11 is 0. The Morgan fingerprint density at radius 2 is 1.77 bits per heavy atom. The van der Waals surface area contributed by atoms with Gasteiger partial charge in [0, 0.05) is 43.6 Å². The number of unbranched alkanes of at least 4 members (excludes halogenated alkanes) is 2. The third kappa shape index (κ3) is 10.2. The summed E-state index contributed by atoms with van der Waals surface area (Å²) in [7, 11) is -1.99. The van der Waals surface area contributed by atoms with Crippen LogP contribution in [0.5, 0.6) is 5.75 Å². The third-order valence-corrected chi connectivity index (χ3v) is 9.03. The van der Waals surface area contributed by atoms with E-state index in [2.05, 4.69) is 10.6 Å². The van der Waals surface area contributed by atoms with Gasteiger partial charge in [0.05, 0.1) is 43.2 Å². The first kappa shape index (κ1) is 34.8. The molecule has 1 heterocycles. The Hall–Kier alpha value is -3.68. The molecule has 0 saturated carbocycles. The van der Waals surface area contributed by atoms with E-state index < -0.39 is 22.2 Å². The van der Waals surface area contributed by atoms with Crippen molar-refractivity contribution < 1.29 is 32.6 Å². The molecule has 0 radical (unpaired) electrons. The lowest BCUT2D eigenvalue weighted by Gasteiger charge is -2.33. The fraction of sp³-hybridized carbons (Fsp3) is 0.516. The first-order valence-corrected chi connectivity index (χ1v) is 16.7. The number of rotatable bonds is 13. The van der Waals surface area contributed by atoms with Crippen LogP contribution in [0, 0.1) is 5.92 Å². The minimum Gasteiger partial charge on any atom is -0.488 e. The molecule has 2 aromatic carbocycles. The number of amides is 3. The van der Waals surface area contributed by atoms with Crippen LogP contribution in [0.4, 0.5) is 17.1 Å². The van der Waals surface area contributed by atoms with Crippen LogP contribution in [0.25, 0.3) is 0 Å². The predicted octanol–water partition coefficient (Wildman–Crippen LogP) is 2.84. The summed E-state index contributed by atoms with van der Waals surface area (Å²) in [6, 6.07) is 11.7. The number of ether oxygens (including phenoxy) is 1. The lowest BCUT2D eigenvalue weighted by Crippen LogP contribution is -2.48. The van der Waals surface area contributed by atoms with Gasteiger partial charge in [-0.25, -0.2) is 12.7 Å². The summed E-state index contributed by atoms with van der Waals surface area (Å²) in [5, 5.41) is 15.5. The Kier molecular flexibility index (Phi) is 12.6. The predicted molar refractivity (Wildman–Crippen MR) is 171 cm³/mol. The van der Waals surface area contributed by atoms with E-state index >= 15 is 0 Å². The molecular weight excluding hydrogens is 586 g/mol. The molecule has 3 amide bonds. The SMILES string of the molecule is C[C@H]1CN([C@@H](C)CO)C(=O)Cc2cc(NC(=O)CCCCCC(=O)Nc3ccccc3N)ccc2O[C@H]1CN(C)S(C)(=O)=O. The van der Waals surface area contributed by atoms with Crippen LogP contribution in [0.1, 0.15) is 51.5 Å². The average molecular weight is 632 g/mol. The molecule has 44 heavy (non-hydrogen) atoms.